The number of pyridine rings is 1. The third-order valence-corrected chi connectivity index (χ3v) is 6.54. The van der Waals surface area contributed by atoms with Crippen molar-refractivity contribution in [3.05, 3.63) is 101 Å². The molecule has 0 saturated carbocycles. The second kappa shape index (κ2) is 8.39. The number of fused-ring (bicyclic) bond motifs is 2. The fraction of sp³-hybridized carbons (Fsp3) is 0.111. The van der Waals surface area contributed by atoms with E-state index in [0.717, 1.165) is 51.5 Å². The van der Waals surface area contributed by atoms with Crippen LogP contribution in [0.5, 0.6) is 0 Å². The number of hydrogen-bond acceptors (Lipinski definition) is 5. The summed E-state index contributed by atoms with van der Waals surface area (Å²) in [6, 6.07) is 26.7. The van der Waals surface area contributed by atoms with Gasteiger partial charge in [-0.15, -0.1) is 5.10 Å². The van der Waals surface area contributed by atoms with Gasteiger partial charge in [0.2, 0.25) is 5.65 Å². The molecule has 0 bridgehead atoms. The number of nitrogens with zero attached hydrogens (tertiary/aromatic N) is 4. The number of benzene rings is 3. The van der Waals surface area contributed by atoms with Crippen LogP contribution < -0.4 is 5.73 Å². The van der Waals surface area contributed by atoms with Gasteiger partial charge < -0.3 is 5.73 Å². The molecule has 1 aliphatic rings. The molecule has 1 aliphatic heterocycles. The molecule has 166 valence electrons. The fourth-order valence-electron chi connectivity index (χ4n) is 4.68. The first-order valence-corrected chi connectivity index (χ1v) is 11.5. The lowest BCUT2D eigenvalue weighted by Gasteiger charge is -2.18. The van der Waals surface area contributed by atoms with Gasteiger partial charge in [0, 0.05) is 23.1 Å². The highest BCUT2D eigenvalue weighted by molar-refractivity contribution is 6.30. The largest absolute Gasteiger partial charge is 0.384 e. The van der Waals surface area contributed by atoms with Gasteiger partial charge in [-0.3, -0.25) is 4.99 Å². The van der Waals surface area contributed by atoms with Crippen LogP contribution in [0.1, 0.15) is 29.0 Å². The maximum atomic E-state index is 6.13. The molecule has 0 unspecified atom stereocenters. The van der Waals surface area contributed by atoms with Gasteiger partial charge in [-0.1, -0.05) is 60.1 Å². The average Bonchev–Trinajstić information content (AvgIpc) is 3.49. The predicted molar refractivity (Wildman–Crippen MR) is 137 cm³/mol. The van der Waals surface area contributed by atoms with Crippen LogP contribution in [0.3, 0.4) is 0 Å². The Morgan fingerprint density at radius 1 is 0.912 bits per heavy atom. The van der Waals surface area contributed by atoms with E-state index in [9.17, 15) is 0 Å². The summed E-state index contributed by atoms with van der Waals surface area (Å²) in [7, 11) is 0. The zero-order valence-electron chi connectivity index (χ0n) is 18.2. The Kier molecular flexibility index (Phi) is 5.08. The summed E-state index contributed by atoms with van der Waals surface area (Å²) >= 11 is 6.06. The minimum Gasteiger partial charge on any atom is -0.384 e. The predicted octanol–water partition coefficient (Wildman–Crippen LogP) is 6.11. The second-order valence-electron chi connectivity index (χ2n) is 8.50. The number of aromatic amines is 1. The molecule has 6 rings (SSSR count). The molecular weight excluding hydrogens is 444 g/mol. The van der Waals surface area contributed by atoms with Crippen molar-refractivity contribution in [2.75, 3.05) is 5.73 Å². The van der Waals surface area contributed by atoms with Crippen molar-refractivity contribution in [2.45, 2.75) is 18.8 Å². The Bertz CT molecular complexity index is 1520. The molecule has 5 aromatic rings. The summed E-state index contributed by atoms with van der Waals surface area (Å²) in [6.45, 7) is 0. The number of nitrogen functional groups attached to an aromatic ring is 1. The number of aliphatic imine (C=N–C) groups is 1. The van der Waals surface area contributed by atoms with Crippen molar-refractivity contribution >= 4 is 40.0 Å². The molecule has 34 heavy (non-hydrogen) atoms. The van der Waals surface area contributed by atoms with E-state index in [1.807, 2.05) is 36.4 Å². The van der Waals surface area contributed by atoms with E-state index in [2.05, 4.69) is 62.9 Å². The second-order valence-corrected chi connectivity index (χ2v) is 8.94. The van der Waals surface area contributed by atoms with Gasteiger partial charge >= 0.3 is 0 Å². The van der Waals surface area contributed by atoms with E-state index < -0.39 is 0 Å². The SMILES string of the molecule is Nc1cc([C@H](CC2=Nc3ccc(-c4ccc(Cl)cc4)cc3C2)c2ccccc2)c2n[nH]nc2n1. The van der Waals surface area contributed by atoms with E-state index in [0.29, 0.717) is 11.5 Å². The number of hydrogen-bond donors (Lipinski definition) is 2. The van der Waals surface area contributed by atoms with Gasteiger partial charge in [0.1, 0.15) is 11.3 Å². The molecule has 2 aromatic heterocycles. The fourth-order valence-corrected chi connectivity index (χ4v) is 4.80. The van der Waals surface area contributed by atoms with Crippen molar-refractivity contribution in [3.8, 4) is 11.1 Å². The van der Waals surface area contributed by atoms with Crippen molar-refractivity contribution in [1.29, 1.82) is 0 Å². The molecule has 0 saturated heterocycles. The monoisotopic (exact) mass is 464 g/mol. The summed E-state index contributed by atoms with van der Waals surface area (Å²) in [5, 5.41) is 12.0. The average molecular weight is 465 g/mol. The summed E-state index contributed by atoms with van der Waals surface area (Å²) in [5.74, 6) is 0.462. The van der Waals surface area contributed by atoms with Crippen LogP contribution in [-0.4, -0.2) is 26.1 Å². The Hall–Kier alpha value is -4.03. The summed E-state index contributed by atoms with van der Waals surface area (Å²) in [5.41, 5.74) is 15.3. The van der Waals surface area contributed by atoms with Crippen LogP contribution in [0.15, 0.2) is 83.9 Å². The number of aromatic nitrogens is 4. The summed E-state index contributed by atoms with van der Waals surface area (Å²) in [6.07, 6.45) is 1.56. The first kappa shape index (κ1) is 20.6. The molecule has 1 atom stereocenters. The van der Waals surface area contributed by atoms with E-state index in [1.54, 1.807) is 0 Å². The van der Waals surface area contributed by atoms with Gasteiger partial charge in [-0.05, 0) is 64.6 Å². The summed E-state index contributed by atoms with van der Waals surface area (Å²) < 4.78 is 0. The van der Waals surface area contributed by atoms with Gasteiger partial charge in [0.25, 0.3) is 0 Å². The highest BCUT2D eigenvalue weighted by Crippen LogP contribution is 2.37. The third kappa shape index (κ3) is 3.82. The molecule has 0 aliphatic carbocycles. The van der Waals surface area contributed by atoms with Crippen molar-refractivity contribution in [1.82, 2.24) is 20.4 Å². The lowest BCUT2D eigenvalue weighted by Crippen LogP contribution is -2.10. The molecule has 7 heteroatoms. The lowest BCUT2D eigenvalue weighted by molar-refractivity contribution is 0.851. The van der Waals surface area contributed by atoms with Gasteiger partial charge in [-0.25, -0.2) is 4.98 Å². The lowest BCUT2D eigenvalue weighted by atomic mass is 9.85. The van der Waals surface area contributed by atoms with Gasteiger partial charge in [0.15, 0.2) is 0 Å². The smallest absolute Gasteiger partial charge is 0.203 e. The van der Waals surface area contributed by atoms with Crippen LogP contribution in [0.25, 0.3) is 22.3 Å². The zero-order valence-corrected chi connectivity index (χ0v) is 19.0. The topological polar surface area (TPSA) is 92.8 Å². The highest BCUT2D eigenvalue weighted by atomic mass is 35.5. The number of H-pyrrole nitrogens is 1. The van der Waals surface area contributed by atoms with Gasteiger partial charge in [0.05, 0.1) is 5.69 Å². The quantitative estimate of drug-likeness (QED) is 0.328. The van der Waals surface area contributed by atoms with E-state index in [4.69, 9.17) is 22.3 Å². The number of nitrogens with two attached hydrogens (primary N) is 1. The number of rotatable bonds is 5. The number of nitrogens with one attached hydrogen (secondary N) is 1. The molecule has 0 amide bonds. The molecule has 3 N–H and O–H groups in total. The Balaban J connectivity index is 1.34. The highest BCUT2D eigenvalue weighted by Gasteiger charge is 2.25. The van der Waals surface area contributed by atoms with Crippen molar-refractivity contribution in [3.63, 3.8) is 0 Å². The Labute approximate surface area is 201 Å². The van der Waals surface area contributed by atoms with E-state index in [1.165, 1.54) is 11.1 Å². The first-order valence-electron chi connectivity index (χ1n) is 11.1. The maximum absolute atomic E-state index is 6.13. The van der Waals surface area contributed by atoms with Gasteiger partial charge in [-0.2, -0.15) is 10.3 Å². The minimum absolute atomic E-state index is 0.0305. The molecule has 3 heterocycles. The minimum atomic E-state index is 0.0305. The number of halogens is 1. The van der Waals surface area contributed by atoms with E-state index >= 15 is 0 Å². The molecular formula is C27H21ClN6. The van der Waals surface area contributed by atoms with Crippen LogP contribution in [0.2, 0.25) is 5.02 Å². The third-order valence-electron chi connectivity index (χ3n) is 6.29. The Morgan fingerprint density at radius 3 is 2.53 bits per heavy atom. The standard InChI is InChI=1S/C27H21ClN6/c28-20-9-6-16(7-10-20)18-8-11-24-19(12-18)13-21(30-24)14-22(17-4-2-1-3-5-17)23-15-25(29)31-27-26(23)32-34-33-27/h1-12,15,22H,13-14H2,(H3,29,31,32,33,34)/t22-/m1/s1. The van der Waals surface area contributed by atoms with Crippen LogP contribution >= 0.6 is 11.6 Å². The molecule has 0 spiro atoms. The first-order chi connectivity index (χ1) is 16.6. The molecule has 6 nitrogen and oxygen atoms in total. The van der Waals surface area contributed by atoms with Crippen molar-refractivity contribution < 1.29 is 0 Å². The van der Waals surface area contributed by atoms with Crippen LogP contribution in [-0.2, 0) is 6.42 Å². The molecule has 0 radical (unpaired) electrons. The Morgan fingerprint density at radius 2 is 1.71 bits per heavy atom. The van der Waals surface area contributed by atoms with Crippen LogP contribution in [0.4, 0.5) is 11.5 Å². The van der Waals surface area contributed by atoms with Crippen LogP contribution in [0, 0.1) is 0 Å². The molecule has 3 aromatic carbocycles. The molecule has 0 fully saturated rings. The van der Waals surface area contributed by atoms with Crippen molar-refractivity contribution in [2.24, 2.45) is 4.99 Å². The summed E-state index contributed by atoms with van der Waals surface area (Å²) in [4.78, 5) is 9.30. The van der Waals surface area contributed by atoms with E-state index in [-0.39, 0.29) is 5.92 Å². The zero-order chi connectivity index (χ0) is 23.1. The number of anilines is 1. The maximum Gasteiger partial charge on any atom is 0.203 e. The normalized spacial score (nSPS) is 13.6.